The van der Waals surface area contributed by atoms with Crippen molar-refractivity contribution in [1.82, 2.24) is 0 Å². The van der Waals surface area contributed by atoms with E-state index in [0.29, 0.717) is 12.0 Å². The van der Waals surface area contributed by atoms with Gasteiger partial charge in [0.05, 0.1) is 31.0 Å². The highest BCUT2D eigenvalue weighted by Crippen LogP contribution is 2.26. The molecule has 0 N–H and O–H groups in total. The Kier molecular flexibility index (Phi) is 11.7. The highest BCUT2D eigenvalue weighted by Gasteiger charge is 2.10. The first kappa shape index (κ1) is 27.8. The molecule has 7 nitrogen and oxygen atoms in total. The minimum atomic E-state index is -0.580. The monoisotopic (exact) mass is 486 g/mol. The number of methoxy groups -OCH3 is 2. The molecule has 0 saturated heterocycles. The molecular weight excluding hydrogens is 455 g/mol. The van der Waals surface area contributed by atoms with Gasteiger partial charge in [-0.15, -0.1) is 0 Å². The van der Waals surface area contributed by atoms with Crippen molar-refractivity contribution in [3.63, 3.8) is 0 Å². The van der Waals surface area contributed by atoms with Crippen molar-refractivity contribution >= 4 is 11.9 Å². The molecule has 0 amide bonds. The fourth-order valence-corrected chi connectivity index (χ4v) is 3.06. The molecule has 0 spiro atoms. The third kappa shape index (κ3) is 9.35. The van der Waals surface area contributed by atoms with Crippen LogP contribution in [0.1, 0.15) is 12.0 Å². The Bertz CT molecular complexity index is 1010. The summed E-state index contributed by atoms with van der Waals surface area (Å²) in [6.07, 6.45) is 1.40. The predicted octanol–water partition coefficient (Wildman–Crippen LogP) is 4.30. The summed E-state index contributed by atoms with van der Waals surface area (Å²) in [6, 6.07) is 12.4. The summed E-state index contributed by atoms with van der Waals surface area (Å²) in [5, 5.41) is 0. The summed E-state index contributed by atoms with van der Waals surface area (Å²) in [5.74, 6) is -1.48. The normalized spacial score (nSPS) is 10.5. The number of hydrogen-bond acceptors (Lipinski definition) is 7. The number of halogens is 1. The molecule has 0 aliphatic heterocycles. The van der Waals surface area contributed by atoms with Crippen molar-refractivity contribution < 1.29 is 37.7 Å². The van der Waals surface area contributed by atoms with Crippen LogP contribution >= 0.6 is 0 Å². The van der Waals surface area contributed by atoms with Gasteiger partial charge in [0.25, 0.3) is 0 Å². The van der Waals surface area contributed by atoms with Crippen LogP contribution < -0.4 is 4.74 Å². The average molecular weight is 487 g/mol. The van der Waals surface area contributed by atoms with Crippen LogP contribution in [0.3, 0.4) is 0 Å². The van der Waals surface area contributed by atoms with Crippen LogP contribution in [0.2, 0.25) is 0 Å². The molecule has 0 atom stereocenters. The summed E-state index contributed by atoms with van der Waals surface area (Å²) in [6.45, 7) is 7.65. The molecule has 35 heavy (non-hydrogen) atoms. The van der Waals surface area contributed by atoms with E-state index in [-0.39, 0.29) is 49.9 Å². The van der Waals surface area contributed by atoms with Crippen LogP contribution in [0.4, 0.5) is 4.39 Å². The molecule has 2 aromatic carbocycles. The Morgan fingerprint density at radius 2 is 1.37 bits per heavy atom. The standard InChI is InChI=1S/C27H31FO7/c1-19(17-31-3)26(29)34-13-5-6-21-7-9-22(10-8-21)23-11-12-25(24(28)16-23)33-14-15-35-27(30)20(2)18-32-4/h7-12,16H,1-2,5-6,13-15,17-18H2,3-4H3. The number of rotatable bonds is 15. The van der Waals surface area contributed by atoms with Crippen molar-refractivity contribution in [3.8, 4) is 16.9 Å². The van der Waals surface area contributed by atoms with E-state index in [9.17, 15) is 14.0 Å². The molecule has 188 valence electrons. The fourth-order valence-electron chi connectivity index (χ4n) is 3.06. The zero-order valence-corrected chi connectivity index (χ0v) is 20.1. The Hall–Kier alpha value is -3.49. The molecule has 0 saturated carbocycles. The lowest BCUT2D eigenvalue weighted by Crippen LogP contribution is -2.15. The van der Waals surface area contributed by atoms with Crippen LogP contribution in [-0.2, 0) is 35.0 Å². The van der Waals surface area contributed by atoms with E-state index in [0.717, 1.165) is 17.5 Å². The summed E-state index contributed by atoms with van der Waals surface area (Å²) in [4.78, 5) is 23.3. The van der Waals surface area contributed by atoms with Gasteiger partial charge in [-0.2, -0.15) is 0 Å². The molecule has 0 unspecified atom stereocenters. The lowest BCUT2D eigenvalue weighted by atomic mass is 10.0. The largest absolute Gasteiger partial charge is 0.487 e. The van der Waals surface area contributed by atoms with Gasteiger partial charge in [0.1, 0.15) is 13.2 Å². The first-order chi connectivity index (χ1) is 16.8. The van der Waals surface area contributed by atoms with Gasteiger partial charge in [-0.25, -0.2) is 14.0 Å². The summed E-state index contributed by atoms with van der Waals surface area (Å²) in [5.41, 5.74) is 3.11. The van der Waals surface area contributed by atoms with E-state index in [1.54, 1.807) is 6.07 Å². The Morgan fingerprint density at radius 1 is 0.800 bits per heavy atom. The molecule has 2 aromatic rings. The number of carbonyl (C=O) groups is 2. The number of hydrogen-bond donors (Lipinski definition) is 0. The number of esters is 2. The van der Waals surface area contributed by atoms with Gasteiger partial charge in [-0.05, 0) is 41.7 Å². The molecule has 0 aromatic heterocycles. The maximum atomic E-state index is 14.5. The third-order valence-corrected chi connectivity index (χ3v) is 4.85. The van der Waals surface area contributed by atoms with Crippen molar-refractivity contribution in [2.45, 2.75) is 12.8 Å². The van der Waals surface area contributed by atoms with E-state index in [4.69, 9.17) is 23.7 Å². The molecule has 0 heterocycles. The zero-order valence-electron chi connectivity index (χ0n) is 20.1. The molecule has 0 bridgehead atoms. The Labute approximate surface area is 205 Å². The van der Waals surface area contributed by atoms with Gasteiger partial charge in [0.2, 0.25) is 0 Å². The quantitative estimate of drug-likeness (QED) is 0.211. The van der Waals surface area contributed by atoms with Gasteiger partial charge in [-0.1, -0.05) is 43.5 Å². The van der Waals surface area contributed by atoms with Crippen LogP contribution in [0.5, 0.6) is 5.75 Å². The Morgan fingerprint density at radius 3 is 1.94 bits per heavy atom. The van der Waals surface area contributed by atoms with Gasteiger partial charge in [-0.3, -0.25) is 0 Å². The van der Waals surface area contributed by atoms with Gasteiger partial charge >= 0.3 is 11.9 Å². The number of aryl methyl sites for hydroxylation is 1. The van der Waals surface area contributed by atoms with Crippen molar-refractivity contribution in [1.29, 1.82) is 0 Å². The minimum Gasteiger partial charge on any atom is -0.487 e. The third-order valence-electron chi connectivity index (χ3n) is 4.85. The maximum absolute atomic E-state index is 14.5. The second-order valence-corrected chi connectivity index (χ2v) is 7.64. The highest BCUT2D eigenvalue weighted by molar-refractivity contribution is 5.88. The maximum Gasteiger partial charge on any atom is 0.335 e. The zero-order chi connectivity index (χ0) is 25.6. The van der Waals surface area contributed by atoms with E-state index in [1.165, 1.54) is 26.4 Å². The van der Waals surface area contributed by atoms with Gasteiger partial charge in [0, 0.05) is 14.2 Å². The molecule has 0 radical (unpaired) electrons. The van der Waals surface area contributed by atoms with E-state index in [2.05, 4.69) is 13.2 Å². The van der Waals surface area contributed by atoms with Crippen molar-refractivity contribution in [2.24, 2.45) is 0 Å². The average Bonchev–Trinajstić information content (AvgIpc) is 2.85. The minimum absolute atomic E-state index is 0.00672. The first-order valence-electron chi connectivity index (χ1n) is 11.0. The number of benzene rings is 2. The smallest absolute Gasteiger partial charge is 0.335 e. The van der Waals surface area contributed by atoms with Crippen LogP contribution in [-0.4, -0.2) is 59.2 Å². The molecule has 0 aliphatic rings. The SMILES string of the molecule is C=C(COC)C(=O)OCCCc1ccc(-c2ccc(OCCOC(=O)C(=C)COC)c(F)c2)cc1. The fraction of sp³-hybridized carbons (Fsp3) is 0.333. The Balaban J connectivity index is 1.80. The summed E-state index contributed by atoms with van der Waals surface area (Å²) in [7, 11) is 2.94. The lowest BCUT2D eigenvalue weighted by Gasteiger charge is -2.10. The molecule has 2 rings (SSSR count). The van der Waals surface area contributed by atoms with Crippen molar-refractivity contribution in [3.05, 3.63) is 78.1 Å². The van der Waals surface area contributed by atoms with E-state index < -0.39 is 17.8 Å². The van der Waals surface area contributed by atoms with Crippen molar-refractivity contribution in [2.75, 3.05) is 47.3 Å². The summed E-state index contributed by atoms with van der Waals surface area (Å²) < 4.78 is 39.7. The van der Waals surface area contributed by atoms with Gasteiger partial charge in [0.15, 0.2) is 11.6 Å². The number of carbonyl (C=O) groups excluding carboxylic acids is 2. The molecule has 0 aliphatic carbocycles. The van der Waals surface area contributed by atoms with Crippen LogP contribution in [0.25, 0.3) is 11.1 Å². The van der Waals surface area contributed by atoms with E-state index in [1.807, 2.05) is 24.3 Å². The van der Waals surface area contributed by atoms with Gasteiger partial charge < -0.3 is 23.7 Å². The second kappa shape index (κ2) is 14.7. The molecular formula is C27H31FO7. The number of ether oxygens (including phenoxy) is 5. The highest BCUT2D eigenvalue weighted by atomic mass is 19.1. The summed E-state index contributed by atoms with van der Waals surface area (Å²) >= 11 is 0. The second-order valence-electron chi connectivity index (χ2n) is 7.64. The lowest BCUT2D eigenvalue weighted by molar-refractivity contribution is -0.140. The van der Waals surface area contributed by atoms with Crippen LogP contribution in [0, 0.1) is 5.82 Å². The predicted molar refractivity (Wildman–Crippen MR) is 130 cm³/mol. The molecule has 8 heteroatoms. The van der Waals surface area contributed by atoms with E-state index >= 15 is 0 Å². The topological polar surface area (TPSA) is 80.3 Å². The first-order valence-corrected chi connectivity index (χ1v) is 11.0. The van der Waals surface area contributed by atoms with Crippen LogP contribution in [0.15, 0.2) is 66.8 Å². The molecule has 0 fully saturated rings.